The van der Waals surface area contributed by atoms with Gasteiger partial charge in [0.25, 0.3) is 0 Å². The van der Waals surface area contributed by atoms with Crippen molar-refractivity contribution in [2.75, 3.05) is 26.8 Å². The lowest BCUT2D eigenvalue weighted by Crippen LogP contribution is -2.20. The Morgan fingerprint density at radius 2 is 2.36 bits per heavy atom. The number of hydrogen-bond donors (Lipinski definition) is 1. The van der Waals surface area contributed by atoms with E-state index in [1.165, 1.54) is 0 Å². The number of amidine groups is 1. The minimum atomic E-state index is 0.130. The molecule has 114 valence electrons. The monoisotopic (exact) mass is 316 g/mol. The molecular weight excluding hydrogens is 300 g/mol. The fourth-order valence-corrected chi connectivity index (χ4v) is 4.14. The number of rotatable bonds is 4. The number of thioether (sulfide) groups is 1. The average Bonchev–Trinajstić information content (AvgIpc) is 3.21. The molecule has 5 nitrogen and oxygen atoms in total. The van der Waals surface area contributed by atoms with E-state index in [4.69, 9.17) is 9.15 Å². The van der Waals surface area contributed by atoms with E-state index in [-0.39, 0.29) is 6.61 Å². The number of furan rings is 1. The molecule has 2 aromatic rings. The van der Waals surface area contributed by atoms with Crippen LogP contribution in [0.1, 0.15) is 12.0 Å². The number of aliphatic hydroxyl groups excluding tert-OH is 1. The molecule has 22 heavy (non-hydrogen) atoms. The summed E-state index contributed by atoms with van der Waals surface area (Å²) in [7, 11) is 1.66. The molecule has 0 spiro atoms. The van der Waals surface area contributed by atoms with E-state index in [1.54, 1.807) is 25.1 Å². The van der Waals surface area contributed by atoms with Gasteiger partial charge in [-0.1, -0.05) is 11.8 Å². The molecular formula is C16H16N2O3S. The van der Waals surface area contributed by atoms with Gasteiger partial charge in [0.15, 0.2) is 5.17 Å². The molecule has 6 heteroatoms. The van der Waals surface area contributed by atoms with Crippen molar-refractivity contribution < 1.29 is 14.3 Å². The molecule has 0 saturated heterocycles. The third kappa shape index (κ3) is 2.02. The zero-order valence-corrected chi connectivity index (χ0v) is 13.0. The molecule has 2 aliphatic heterocycles. The van der Waals surface area contributed by atoms with Crippen molar-refractivity contribution in [3.63, 3.8) is 0 Å². The predicted molar refractivity (Wildman–Crippen MR) is 88.0 cm³/mol. The molecule has 0 saturated carbocycles. The van der Waals surface area contributed by atoms with Crippen molar-refractivity contribution in [2.45, 2.75) is 6.42 Å². The van der Waals surface area contributed by atoms with E-state index in [9.17, 15) is 5.11 Å². The highest BCUT2D eigenvalue weighted by molar-refractivity contribution is 8.17. The van der Waals surface area contributed by atoms with Crippen LogP contribution in [0.5, 0.6) is 5.75 Å². The second kappa shape index (κ2) is 5.37. The molecule has 1 N–H and O–H groups in total. The Morgan fingerprint density at radius 3 is 3.18 bits per heavy atom. The fraction of sp³-hybridized carbons (Fsp3) is 0.312. The van der Waals surface area contributed by atoms with Crippen molar-refractivity contribution in [2.24, 2.45) is 4.99 Å². The topological polar surface area (TPSA) is 58.2 Å². The number of ether oxygens (including phenoxy) is 1. The number of hydrogen-bond acceptors (Lipinski definition) is 6. The summed E-state index contributed by atoms with van der Waals surface area (Å²) in [6.45, 7) is 1.82. The number of methoxy groups -OCH3 is 1. The first-order valence-corrected chi connectivity index (χ1v) is 8.03. The van der Waals surface area contributed by atoms with Gasteiger partial charge >= 0.3 is 0 Å². The summed E-state index contributed by atoms with van der Waals surface area (Å²) < 4.78 is 11.0. The standard InChI is InChI=1S/C16H16N2O3S/c1-20-10-8-12(11-3-7-21-13(11)9-10)15-14(2-6-19)22-16-17-4-5-18(15)16/h3,7-9,19H,2,4-6H2,1H3. The maximum atomic E-state index is 9.38. The van der Waals surface area contributed by atoms with E-state index in [1.807, 2.05) is 18.2 Å². The molecule has 0 aliphatic carbocycles. The molecule has 2 aliphatic rings. The lowest BCUT2D eigenvalue weighted by Gasteiger charge is -2.18. The van der Waals surface area contributed by atoms with Gasteiger partial charge in [-0.05, 0) is 12.1 Å². The minimum Gasteiger partial charge on any atom is -0.497 e. The largest absolute Gasteiger partial charge is 0.497 e. The lowest BCUT2D eigenvalue weighted by atomic mass is 10.0. The normalized spacial score (nSPS) is 17.4. The number of aliphatic hydroxyl groups is 1. The zero-order chi connectivity index (χ0) is 15.1. The summed E-state index contributed by atoms with van der Waals surface area (Å²) in [6.07, 6.45) is 2.33. The Labute approximate surface area is 132 Å². The molecule has 0 radical (unpaired) electrons. The Morgan fingerprint density at radius 1 is 1.45 bits per heavy atom. The van der Waals surface area contributed by atoms with Crippen LogP contribution < -0.4 is 4.74 Å². The summed E-state index contributed by atoms with van der Waals surface area (Å²) in [4.78, 5) is 7.93. The molecule has 3 heterocycles. The molecule has 0 amide bonds. The number of fused-ring (bicyclic) bond motifs is 2. The molecule has 0 atom stereocenters. The highest BCUT2D eigenvalue weighted by Gasteiger charge is 2.33. The van der Waals surface area contributed by atoms with Crippen LogP contribution in [-0.2, 0) is 0 Å². The first-order chi connectivity index (χ1) is 10.8. The van der Waals surface area contributed by atoms with Gasteiger partial charge in [0, 0.05) is 41.5 Å². The van der Waals surface area contributed by atoms with Crippen molar-refractivity contribution >= 4 is 33.6 Å². The molecule has 0 fully saturated rings. The third-order valence-electron chi connectivity index (χ3n) is 3.93. The summed E-state index contributed by atoms with van der Waals surface area (Å²) in [5.74, 6) is 0.767. The van der Waals surface area contributed by atoms with Gasteiger partial charge in [-0.25, -0.2) is 0 Å². The van der Waals surface area contributed by atoms with Crippen LogP contribution in [0.3, 0.4) is 0 Å². The number of aliphatic imine (C=N–C) groups is 1. The molecule has 0 bridgehead atoms. The van der Waals surface area contributed by atoms with Gasteiger partial charge in [0.05, 0.1) is 25.6 Å². The predicted octanol–water partition coefficient (Wildman–Crippen LogP) is 2.91. The van der Waals surface area contributed by atoms with Crippen molar-refractivity contribution in [1.29, 1.82) is 0 Å². The Bertz CT molecular complexity index is 794. The highest BCUT2D eigenvalue weighted by Crippen LogP contribution is 2.45. The first kappa shape index (κ1) is 13.7. The Hall–Kier alpha value is -1.92. The second-order valence-corrected chi connectivity index (χ2v) is 6.23. The van der Waals surface area contributed by atoms with Gasteiger partial charge in [0.2, 0.25) is 0 Å². The second-order valence-electron chi connectivity index (χ2n) is 5.17. The van der Waals surface area contributed by atoms with E-state index in [0.717, 1.165) is 51.1 Å². The smallest absolute Gasteiger partial charge is 0.168 e. The summed E-state index contributed by atoms with van der Waals surface area (Å²) in [5.41, 5.74) is 3.01. The molecule has 0 unspecified atom stereocenters. The van der Waals surface area contributed by atoms with Crippen LogP contribution in [0.2, 0.25) is 0 Å². The van der Waals surface area contributed by atoms with Crippen LogP contribution in [0.25, 0.3) is 16.7 Å². The van der Waals surface area contributed by atoms with Gasteiger partial charge in [-0.15, -0.1) is 0 Å². The van der Waals surface area contributed by atoms with Crippen LogP contribution in [-0.4, -0.2) is 42.0 Å². The van der Waals surface area contributed by atoms with E-state index in [2.05, 4.69) is 9.89 Å². The van der Waals surface area contributed by atoms with Gasteiger partial charge < -0.3 is 19.2 Å². The third-order valence-corrected chi connectivity index (χ3v) is 5.10. The van der Waals surface area contributed by atoms with Crippen molar-refractivity contribution in [3.8, 4) is 5.75 Å². The van der Waals surface area contributed by atoms with Crippen molar-refractivity contribution in [3.05, 3.63) is 34.9 Å². The summed E-state index contributed by atoms with van der Waals surface area (Å²) in [5, 5.41) is 11.5. The molecule has 1 aromatic heterocycles. The summed E-state index contributed by atoms with van der Waals surface area (Å²) in [6, 6.07) is 5.90. The summed E-state index contributed by atoms with van der Waals surface area (Å²) >= 11 is 1.66. The SMILES string of the molecule is COc1cc(C2=C(CCO)SC3=NCCN32)c2ccoc2c1. The maximum Gasteiger partial charge on any atom is 0.168 e. The minimum absolute atomic E-state index is 0.130. The van der Waals surface area contributed by atoms with E-state index >= 15 is 0 Å². The Kier molecular flexibility index (Phi) is 3.35. The van der Waals surface area contributed by atoms with E-state index in [0.29, 0.717) is 6.42 Å². The highest BCUT2D eigenvalue weighted by atomic mass is 32.2. The number of nitrogens with zero attached hydrogens (tertiary/aromatic N) is 2. The fourth-order valence-electron chi connectivity index (χ4n) is 2.96. The van der Waals surface area contributed by atoms with Crippen molar-refractivity contribution in [1.82, 2.24) is 4.90 Å². The lowest BCUT2D eigenvalue weighted by molar-refractivity contribution is 0.301. The van der Waals surface area contributed by atoms with E-state index < -0.39 is 0 Å². The average molecular weight is 316 g/mol. The Balaban J connectivity index is 1.93. The quantitative estimate of drug-likeness (QED) is 0.940. The zero-order valence-electron chi connectivity index (χ0n) is 12.2. The van der Waals surface area contributed by atoms with Crippen LogP contribution in [0.4, 0.5) is 0 Å². The van der Waals surface area contributed by atoms with Gasteiger partial charge in [0.1, 0.15) is 11.3 Å². The van der Waals surface area contributed by atoms with Gasteiger partial charge in [-0.3, -0.25) is 4.99 Å². The maximum absolute atomic E-state index is 9.38. The first-order valence-electron chi connectivity index (χ1n) is 7.21. The van der Waals surface area contributed by atoms with Crippen LogP contribution >= 0.6 is 11.8 Å². The van der Waals surface area contributed by atoms with Crippen LogP contribution in [0, 0.1) is 0 Å². The van der Waals surface area contributed by atoms with Crippen LogP contribution in [0.15, 0.2) is 38.8 Å². The molecule has 4 rings (SSSR count). The molecule has 1 aromatic carbocycles. The van der Waals surface area contributed by atoms with Gasteiger partial charge in [-0.2, -0.15) is 0 Å². The number of benzene rings is 1.